The van der Waals surface area contributed by atoms with E-state index in [1.165, 1.54) is 44.9 Å². The summed E-state index contributed by atoms with van der Waals surface area (Å²) in [4.78, 5) is 0. The van der Waals surface area contributed by atoms with Crippen LogP contribution in [0.5, 0.6) is 0 Å². The van der Waals surface area contributed by atoms with Crippen LogP contribution < -0.4 is 5.73 Å². The van der Waals surface area contributed by atoms with Gasteiger partial charge in [-0.2, -0.15) is 0 Å². The third kappa shape index (κ3) is 2.29. The van der Waals surface area contributed by atoms with E-state index in [4.69, 9.17) is 10.5 Å². The Labute approximate surface area is 87.2 Å². The van der Waals surface area contributed by atoms with E-state index >= 15 is 0 Å². The molecule has 0 spiro atoms. The number of ether oxygens (including phenoxy) is 1. The van der Waals surface area contributed by atoms with E-state index in [1.54, 1.807) is 0 Å². The summed E-state index contributed by atoms with van der Waals surface area (Å²) in [6.07, 6.45) is 9.99. The van der Waals surface area contributed by atoms with E-state index in [-0.39, 0.29) is 0 Å². The van der Waals surface area contributed by atoms with E-state index in [9.17, 15) is 0 Å². The first-order chi connectivity index (χ1) is 6.77. The minimum absolute atomic E-state index is 0.306. The smallest absolute Gasteiger partial charge is 0.0733 e. The molecule has 2 heteroatoms. The topological polar surface area (TPSA) is 35.2 Å². The quantitative estimate of drug-likeness (QED) is 0.738. The molecule has 0 amide bonds. The molecule has 3 atom stereocenters. The van der Waals surface area contributed by atoms with Gasteiger partial charge in [0.05, 0.1) is 12.2 Å². The Morgan fingerprint density at radius 3 is 2.36 bits per heavy atom. The summed E-state index contributed by atoms with van der Waals surface area (Å²) >= 11 is 0. The van der Waals surface area contributed by atoms with Gasteiger partial charge in [0.2, 0.25) is 0 Å². The van der Waals surface area contributed by atoms with Crippen molar-refractivity contribution in [2.45, 2.75) is 70.1 Å². The molecule has 2 fully saturated rings. The molecule has 3 unspecified atom stereocenters. The van der Waals surface area contributed by atoms with Crippen LogP contribution in [0.3, 0.4) is 0 Å². The van der Waals surface area contributed by atoms with Crippen molar-refractivity contribution in [3.05, 3.63) is 0 Å². The Kier molecular flexibility index (Phi) is 3.45. The summed E-state index contributed by atoms with van der Waals surface area (Å²) in [5.41, 5.74) is 6.29. The standard InChI is InChI=1S/C12H23NO/c1-9-7-8-11(14-9)12(13)10-5-3-2-4-6-10/h9-12H,2-8,13H2,1H3. The fourth-order valence-electron chi connectivity index (χ4n) is 2.94. The average molecular weight is 197 g/mol. The Bertz CT molecular complexity index is 172. The number of rotatable bonds is 2. The van der Waals surface area contributed by atoms with Gasteiger partial charge in [-0.05, 0) is 38.5 Å². The highest BCUT2D eigenvalue weighted by atomic mass is 16.5. The van der Waals surface area contributed by atoms with Crippen LogP contribution >= 0.6 is 0 Å². The van der Waals surface area contributed by atoms with Crippen molar-refractivity contribution < 1.29 is 4.74 Å². The Morgan fingerprint density at radius 2 is 1.79 bits per heavy atom. The highest BCUT2D eigenvalue weighted by molar-refractivity contribution is 4.86. The predicted octanol–water partition coefficient (Wildman–Crippen LogP) is 2.46. The lowest BCUT2D eigenvalue weighted by molar-refractivity contribution is 0.0228. The van der Waals surface area contributed by atoms with Gasteiger partial charge < -0.3 is 10.5 Å². The third-order valence-electron chi connectivity index (χ3n) is 3.89. The molecule has 1 aliphatic heterocycles. The lowest BCUT2D eigenvalue weighted by Crippen LogP contribution is -2.42. The second kappa shape index (κ2) is 4.63. The van der Waals surface area contributed by atoms with Crippen molar-refractivity contribution in [2.24, 2.45) is 11.7 Å². The van der Waals surface area contributed by atoms with Crippen molar-refractivity contribution >= 4 is 0 Å². The van der Waals surface area contributed by atoms with E-state index in [2.05, 4.69) is 6.92 Å². The molecule has 2 nitrogen and oxygen atoms in total. The van der Waals surface area contributed by atoms with Crippen LogP contribution in [0.2, 0.25) is 0 Å². The Morgan fingerprint density at radius 1 is 1.07 bits per heavy atom. The van der Waals surface area contributed by atoms with Crippen LogP contribution in [0, 0.1) is 5.92 Å². The zero-order valence-corrected chi connectivity index (χ0v) is 9.24. The van der Waals surface area contributed by atoms with Gasteiger partial charge in [0.15, 0.2) is 0 Å². The molecule has 1 saturated carbocycles. The lowest BCUT2D eigenvalue weighted by Gasteiger charge is -2.31. The van der Waals surface area contributed by atoms with Crippen LogP contribution in [-0.2, 0) is 4.74 Å². The molecule has 0 radical (unpaired) electrons. The van der Waals surface area contributed by atoms with E-state index in [1.807, 2.05) is 0 Å². The summed E-state index contributed by atoms with van der Waals surface area (Å²) in [5, 5.41) is 0. The molecule has 1 aliphatic carbocycles. The first kappa shape index (κ1) is 10.4. The molecule has 14 heavy (non-hydrogen) atoms. The predicted molar refractivity (Wildman–Crippen MR) is 58.1 cm³/mol. The number of hydrogen-bond acceptors (Lipinski definition) is 2. The summed E-state index contributed by atoms with van der Waals surface area (Å²) in [6.45, 7) is 2.16. The molecule has 1 heterocycles. The normalized spacial score (nSPS) is 37.3. The first-order valence-corrected chi connectivity index (χ1v) is 6.18. The molecule has 0 aromatic heterocycles. The summed E-state index contributed by atoms with van der Waals surface area (Å²) in [5.74, 6) is 0.735. The summed E-state index contributed by atoms with van der Waals surface area (Å²) < 4.78 is 5.85. The third-order valence-corrected chi connectivity index (χ3v) is 3.89. The molecule has 2 N–H and O–H groups in total. The van der Waals surface area contributed by atoms with Crippen LogP contribution in [0.4, 0.5) is 0 Å². The van der Waals surface area contributed by atoms with Crippen LogP contribution in [0.25, 0.3) is 0 Å². The highest BCUT2D eigenvalue weighted by Gasteiger charge is 2.32. The van der Waals surface area contributed by atoms with Crippen LogP contribution in [-0.4, -0.2) is 18.2 Å². The second-order valence-electron chi connectivity index (χ2n) is 5.04. The molecule has 0 bridgehead atoms. The van der Waals surface area contributed by atoms with Crippen molar-refractivity contribution in [1.82, 2.24) is 0 Å². The largest absolute Gasteiger partial charge is 0.374 e. The number of nitrogens with two attached hydrogens (primary N) is 1. The average Bonchev–Trinajstić information content (AvgIpc) is 2.65. The van der Waals surface area contributed by atoms with Gasteiger partial charge >= 0.3 is 0 Å². The maximum absolute atomic E-state index is 6.29. The molecule has 82 valence electrons. The zero-order valence-electron chi connectivity index (χ0n) is 9.24. The minimum Gasteiger partial charge on any atom is -0.374 e. The lowest BCUT2D eigenvalue weighted by atomic mass is 9.82. The molecule has 0 aromatic rings. The van der Waals surface area contributed by atoms with Crippen molar-refractivity contribution in [2.75, 3.05) is 0 Å². The maximum atomic E-state index is 6.29. The molecule has 1 saturated heterocycles. The molecule has 2 aliphatic rings. The van der Waals surface area contributed by atoms with Crippen molar-refractivity contribution in [3.63, 3.8) is 0 Å². The molecule has 0 aromatic carbocycles. The van der Waals surface area contributed by atoms with Crippen molar-refractivity contribution in [3.8, 4) is 0 Å². The summed E-state index contributed by atoms with van der Waals surface area (Å²) in [7, 11) is 0. The molecule has 2 rings (SSSR count). The maximum Gasteiger partial charge on any atom is 0.0733 e. The van der Waals surface area contributed by atoms with E-state index < -0.39 is 0 Å². The van der Waals surface area contributed by atoms with Gasteiger partial charge in [0.1, 0.15) is 0 Å². The summed E-state index contributed by atoms with van der Waals surface area (Å²) in [6, 6.07) is 0.306. The fraction of sp³-hybridized carbons (Fsp3) is 1.00. The van der Waals surface area contributed by atoms with Gasteiger partial charge in [-0.1, -0.05) is 19.3 Å². The van der Waals surface area contributed by atoms with Crippen LogP contribution in [0.15, 0.2) is 0 Å². The second-order valence-corrected chi connectivity index (χ2v) is 5.04. The van der Waals surface area contributed by atoms with E-state index in [0.29, 0.717) is 18.2 Å². The Hall–Kier alpha value is -0.0800. The van der Waals surface area contributed by atoms with Gasteiger partial charge in [-0.3, -0.25) is 0 Å². The van der Waals surface area contributed by atoms with E-state index in [0.717, 1.165) is 5.92 Å². The van der Waals surface area contributed by atoms with Crippen molar-refractivity contribution in [1.29, 1.82) is 0 Å². The number of hydrogen-bond donors (Lipinski definition) is 1. The minimum atomic E-state index is 0.306. The molecular formula is C12H23NO. The van der Waals surface area contributed by atoms with Gasteiger partial charge in [0, 0.05) is 6.04 Å². The van der Waals surface area contributed by atoms with Gasteiger partial charge in [-0.25, -0.2) is 0 Å². The first-order valence-electron chi connectivity index (χ1n) is 6.18. The highest BCUT2D eigenvalue weighted by Crippen LogP contribution is 2.31. The molecular weight excluding hydrogens is 174 g/mol. The zero-order chi connectivity index (χ0) is 9.97. The SMILES string of the molecule is CC1CCC(C(N)C2CCCCC2)O1. The van der Waals surface area contributed by atoms with Gasteiger partial charge in [-0.15, -0.1) is 0 Å². The monoisotopic (exact) mass is 197 g/mol. The fourth-order valence-corrected chi connectivity index (χ4v) is 2.94. The van der Waals surface area contributed by atoms with Crippen LogP contribution in [0.1, 0.15) is 51.9 Å². The Balaban J connectivity index is 1.84. The van der Waals surface area contributed by atoms with Gasteiger partial charge in [0.25, 0.3) is 0 Å².